The molecule has 0 unspecified atom stereocenters. The van der Waals surface area contributed by atoms with Crippen LogP contribution in [0.3, 0.4) is 0 Å². The first kappa shape index (κ1) is 6.40. The van der Waals surface area contributed by atoms with E-state index in [4.69, 9.17) is 5.11 Å². The third kappa shape index (κ3) is 0.827. The summed E-state index contributed by atoms with van der Waals surface area (Å²) in [5.41, 5.74) is 2.82. The largest absolute Gasteiger partial charge is 0.478 e. The summed E-state index contributed by atoms with van der Waals surface area (Å²) in [5, 5.41) is 8.66. The van der Waals surface area contributed by atoms with E-state index in [9.17, 15) is 4.79 Å². The van der Waals surface area contributed by atoms with Gasteiger partial charge in [-0.05, 0) is 17.6 Å². The molecule has 0 fully saturated rings. The topological polar surface area (TPSA) is 37.3 Å². The van der Waals surface area contributed by atoms with Crippen LogP contribution in [0.5, 0.6) is 0 Å². The van der Waals surface area contributed by atoms with Crippen molar-refractivity contribution in [2.75, 3.05) is 0 Å². The molecule has 2 nitrogen and oxygen atoms in total. The van der Waals surface area contributed by atoms with Crippen LogP contribution in [0, 0.1) is 0 Å². The second kappa shape index (κ2) is 2.09. The van der Waals surface area contributed by atoms with E-state index >= 15 is 0 Å². The summed E-state index contributed by atoms with van der Waals surface area (Å²) >= 11 is 0. The minimum Gasteiger partial charge on any atom is -0.478 e. The van der Waals surface area contributed by atoms with Crippen molar-refractivity contribution in [2.45, 2.75) is 12.8 Å². The third-order valence-electron chi connectivity index (χ3n) is 2.13. The van der Waals surface area contributed by atoms with Crippen LogP contribution < -0.4 is 0 Å². The van der Waals surface area contributed by atoms with Gasteiger partial charge in [-0.15, -0.1) is 0 Å². The van der Waals surface area contributed by atoms with E-state index in [0.717, 1.165) is 12.0 Å². The van der Waals surface area contributed by atoms with E-state index in [1.165, 1.54) is 5.57 Å². The Morgan fingerprint density at radius 3 is 3.00 bits per heavy atom. The zero-order valence-corrected chi connectivity index (χ0v) is 6.00. The average molecular weight is 148 g/mol. The number of allylic oxidation sites excluding steroid dienone is 5. The maximum Gasteiger partial charge on any atom is 0.332 e. The number of rotatable bonds is 1. The zero-order chi connectivity index (χ0) is 7.84. The van der Waals surface area contributed by atoms with E-state index < -0.39 is 5.97 Å². The lowest BCUT2D eigenvalue weighted by Gasteiger charge is -2.25. The lowest BCUT2D eigenvalue weighted by molar-refractivity contribution is -0.133. The molecule has 0 spiro atoms. The normalized spacial score (nSPS) is 20.5. The van der Waals surface area contributed by atoms with Gasteiger partial charge in [0.1, 0.15) is 0 Å². The van der Waals surface area contributed by atoms with Gasteiger partial charge in [-0.2, -0.15) is 0 Å². The molecule has 0 radical (unpaired) electrons. The van der Waals surface area contributed by atoms with Crippen molar-refractivity contribution in [1.82, 2.24) is 0 Å². The van der Waals surface area contributed by atoms with Crippen molar-refractivity contribution >= 4 is 5.97 Å². The average Bonchev–Trinajstić information content (AvgIpc) is 1.90. The molecule has 0 aliphatic heterocycles. The van der Waals surface area contributed by atoms with Gasteiger partial charge in [0, 0.05) is 12.0 Å². The summed E-state index contributed by atoms with van der Waals surface area (Å²) < 4.78 is 0. The highest BCUT2D eigenvalue weighted by atomic mass is 16.4. The van der Waals surface area contributed by atoms with Crippen LogP contribution in [0.2, 0.25) is 0 Å². The number of carboxylic acids is 1. The van der Waals surface area contributed by atoms with Crippen LogP contribution >= 0.6 is 0 Å². The minimum absolute atomic E-state index is 0.598. The Morgan fingerprint density at radius 2 is 2.36 bits per heavy atom. The maximum absolute atomic E-state index is 10.5. The lowest BCUT2D eigenvalue weighted by atomic mass is 9.79. The first-order chi connectivity index (χ1) is 5.29. The molecule has 2 heteroatoms. The van der Waals surface area contributed by atoms with Crippen molar-refractivity contribution in [3.8, 4) is 0 Å². The first-order valence-corrected chi connectivity index (χ1v) is 3.60. The number of fused-ring (bicyclic) bond motifs is 1. The second-order valence-corrected chi connectivity index (χ2v) is 2.76. The van der Waals surface area contributed by atoms with Crippen molar-refractivity contribution in [2.24, 2.45) is 0 Å². The Bertz CT molecular complexity index is 306. The zero-order valence-electron chi connectivity index (χ0n) is 6.00. The van der Waals surface area contributed by atoms with Gasteiger partial charge in [-0.25, -0.2) is 4.79 Å². The van der Waals surface area contributed by atoms with Crippen LogP contribution in [0.15, 0.2) is 34.9 Å². The molecule has 0 atom stereocenters. The number of carboxylic acid groups (broad SMARTS) is 1. The number of aliphatic carboxylic acids is 1. The molecular formula is C9H8O2. The van der Waals surface area contributed by atoms with Gasteiger partial charge in [0.15, 0.2) is 0 Å². The molecule has 0 aromatic rings. The van der Waals surface area contributed by atoms with E-state index in [1.807, 2.05) is 18.2 Å². The summed E-state index contributed by atoms with van der Waals surface area (Å²) in [5.74, 6) is -0.757. The number of carbonyl (C=O) groups is 1. The quantitative estimate of drug-likeness (QED) is 0.614. The predicted octanol–water partition coefficient (Wildman–Crippen LogP) is 1.66. The van der Waals surface area contributed by atoms with Crippen LogP contribution in [-0.4, -0.2) is 11.1 Å². The van der Waals surface area contributed by atoms with E-state index in [2.05, 4.69) is 0 Å². The summed E-state index contributed by atoms with van der Waals surface area (Å²) in [7, 11) is 0. The number of hydrogen-bond donors (Lipinski definition) is 1. The summed E-state index contributed by atoms with van der Waals surface area (Å²) in [6, 6.07) is 0. The van der Waals surface area contributed by atoms with Gasteiger partial charge in [0.2, 0.25) is 0 Å². The highest BCUT2D eigenvalue weighted by Gasteiger charge is 2.27. The molecule has 2 aliphatic rings. The third-order valence-corrected chi connectivity index (χ3v) is 2.13. The highest BCUT2D eigenvalue weighted by molar-refractivity contribution is 5.93. The standard InChI is InChI=1S/C9H8O2/c10-9(11)8-5-6-3-1-2-4-7(6)8/h1-3H,4-5H2,(H,10,11). The fourth-order valence-electron chi connectivity index (χ4n) is 1.48. The monoisotopic (exact) mass is 148 g/mol. The Kier molecular flexibility index (Phi) is 1.22. The smallest absolute Gasteiger partial charge is 0.332 e. The molecular weight excluding hydrogens is 140 g/mol. The van der Waals surface area contributed by atoms with Crippen LogP contribution in [0.25, 0.3) is 0 Å². The van der Waals surface area contributed by atoms with Gasteiger partial charge in [-0.3, -0.25) is 0 Å². The van der Waals surface area contributed by atoms with Gasteiger partial charge < -0.3 is 5.11 Å². The highest BCUT2D eigenvalue weighted by Crippen LogP contribution is 2.38. The van der Waals surface area contributed by atoms with Crippen molar-refractivity contribution in [3.05, 3.63) is 34.9 Å². The Balaban J connectivity index is 2.37. The first-order valence-electron chi connectivity index (χ1n) is 3.60. The fourth-order valence-corrected chi connectivity index (χ4v) is 1.48. The molecule has 0 aromatic carbocycles. The van der Waals surface area contributed by atoms with Crippen molar-refractivity contribution in [3.63, 3.8) is 0 Å². The van der Waals surface area contributed by atoms with Crippen molar-refractivity contribution in [1.29, 1.82) is 0 Å². The summed E-state index contributed by atoms with van der Waals surface area (Å²) in [4.78, 5) is 10.5. The molecule has 0 heterocycles. The molecule has 2 aliphatic carbocycles. The Labute approximate surface area is 64.5 Å². The van der Waals surface area contributed by atoms with E-state index in [-0.39, 0.29) is 0 Å². The molecule has 0 saturated heterocycles. The minimum atomic E-state index is -0.757. The molecule has 1 N–H and O–H groups in total. The molecule has 11 heavy (non-hydrogen) atoms. The molecule has 2 rings (SSSR count). The fraction of sp³-hybridized carbons (Fsp3) is 0.222. The summed E-state index contributed by atoms with van der Waals surface area (Å²) in [6.07, 6.45) is 7.41. The van der Waals surface area contributed by atoms with Gasteiger partial charge in [0.05, 0.1) is 0 Å². The van der Waals surface area contributed by atoms with Crippen molar-refractivity contribution < 1.29 is 9.90 Å². The van der Waals surface area contributed by atoms with Gasteiger partial charge >= 0.3 is 5.97 Å². The predicted molar refractivity (Wildman–Crippen MR) is 41.1 cm³/mol. The molecule has 0 amide bonds. The van der Waals surface area contributed by atoms with Gasteiger partial charge in [0.25, 0.3) is 0 Å². The molecule has 56 valence electrons. The SMILES string of the molecule is O=C(O)C1=C2CC=CC=C2C1. The maximum atomic E-state index is 10.5. The molecule has 0 saturated carbocycles. The van der Waals surface area contributed by atoms with Gasteiger partial charge in [-0.1, -0.05) is 18.2 Å². The lowest BCUT2D eigenvalue weighted by Crippen LogP contribution is -2.16. The number of hydrogen-bond acceptors (Lipinski definition) is 1. The molecule has 0 bridgehead atoms. The second-order valence-electron chi connectivity index (χ2n) is 2.76. The van der Waals surface area contributed by atoms with Crippen LogP contribution in [0.1, 0.15) is 12.8 Å². The summed E-state index contributed by atoms with van der Waals surface area (Å²) in [6.45, 7) is 0. The Hall–Kier alpha value is -1.31. The van der Waals surface area contributed by atoms with Crippen LogP contribution in [-0.2, 0) is 4.79 Å². The van der Waals surface area contributed by atoms with Crippen LogP contribution in [0.4, 0.5) is 0 Å². The van der Waals surface area contributed by atoms with E-state index in [0.29, 0.717) is 12.0 Å². The molecule has 0 aromatic heterocycles. The Morgan fingerprint density at radius 1 is 1.55 bits per heavy atom. The van der Waals surface area contributed by atoms with E-state index in [1.54, 1.807) is 0 Å².